The van der Waals surface area contributed by atoms with Crippen LogP contribution in [-0.2, 0) is 0 Å². The molecule has 0 unspecified atom stereocenters. The average molecular weight is 275 g/mol. The first-order valence-corrected chi connectivity index (χ1v) is 7.89. The fourth-order valence-electron chi connectivity index (χ4n) is 3.46. The molecule has 2 heterocycles. The molecule has 2 rings (SSSR count). The van der Waals surface area contributed by atoms with Gasteiger partial charge in [-0.25, -0.2) is 4.79 Å². The highest BCUT2D eigenvalue weighted by molar-refractivity contribution is 6.71. The lowest BCUT2D eigenvalue weighted by Crippen LogP contribution is -2.78. The van der Waals surface area contributed by atoms with Gasteiger partial charge in [-0.3, -0.25) is 0 Å². The van der Waals surface area contributed by atoms with E-state index in [1.54, 1.807) is 0 Å². The standard InChI is InChI=1S/C15H26BN3O/c1-4-6-11-16(12-7-5-2)18(3)15(20)17-14-10-8-9-13-19(14)16/h8-10,13H,4-7,11-12H2,1-3H3,(H,17,20). The lowest BCUT2D eigenvalue weighted by Gasteiger charge is -2.48. The minimum atomic E-state index is -1.01. The van der Waals surface area contributed by atoms with E-state index in [0.29, 0.717) is 0 Å². The van der Waals surface area contributed by atoms with E-state index in [2.05, 4.69) is 35.9 Å². The van der Waals surface area contributed by atoms with E-state index >= 15 is 0 Å². The van der Waals surface area contributed by atoms with Gasteiger partial charge >= 0.3 is 6.03 Å². The van der Waals surface area contributed by atoms with Crippen molar-refractivity contribution in [3.63, 3.8) is 0 Å². The van der Waals surface area contributed by atoms with Crippen molar-refractivity contribution in [3.05, 3.63) is 24.4 Å². The third kappa shape index (κ3) is 2.54. The molecular weight excluding hydrogens is 249 g/mol. The Bertz CT molecular complexity index is 470. The predicted octanol–water partition coefficient (Wildman–Crippen LogP) is 3.34. The van der Waals surface area contributed by atoms with Crippen LogP contribution >= 0.6 is 0 Å². The van der Waals surface area contributed by atoms with E-state index < -0.39 is 6.42 Å². The molecule has 0 saturated heterocycles. The van der Waals surface area contributed by atoms with Gasteiger partial charge in [0.15, 0.2) is 0 Å². The van der Waals surface area contributed by atoms with Crippen molar-refractivity contribution < 1.29 is 9.27 Å². The molecule has 1 aliphatic heterocycles. The maximum absolute atomic E-state index is 12.3. The molecule has 0 spiro atoms. The first-order valence-electron chi connectivity index (χ1n) is 7.89. The summed E-state index contributed by atoms with van der Waals surface area (Å²) in [7, 11) is 1.95. The summed E-state index contributed by atoms with van der Waals surface area (Å²) in [5, 5.41) is 2.98. The lowest BCUT2D eigenvalue weighted by molar-refractivity contribution is -0.541. The van der Waals surface area contributed by atoms with E-state index in [9.17, 15) is 4.79 Å². The second-order valence-electron chi connectivity index (χ2n) is 5.95. The SMILES string of the molecule is CCCC[B-]1(CCCC)N(C)C(=O)Nc2cccc[n+]21. The number of fused-ring (bicyclic) bond motifs is 1. The van der Waals surface area contributed by atoms with Gasteiger partial charge in [0.05, 0.1) is 0 Å². The predicted molar refractivity (Wildman–Crippen MR) is 84.0 cm³/mol. The zero-order valence-corrected chi connectivity index (χ0v) is 12.9. The summed E-state index contributed by atoms with van der Waals surface area (Å²) in [5.74, 6) is 0.933. The molecule has 5 heteroatoms. The van der Waals surface area contributed by atoms with Gasteiger partial charge in [-0.2, -0.15) is 5.32 Å². The van der Waals surface area contributed by atoms with Crippen LogP contribution in [0.1, 0.15) is 39.5 Å². The Kier molecular flexibility index (Phi) is 4.68. The molecule has 4 nitrogen and oxygen atoms in total. The van der Waals surface area contributed by atoms with E-state index in [1.807, 2.05) is 24.0 Å². The first-order chi connectivity index (χ1) is 9.65. The molecule has 1 N–H and O–H groups in total. The maximum atomic E-state index is 12.3. The molecule has 0 aliphatic carbocycles. The lowest BCUT2D eigenvalue weighted by atomic mass is 9.38. The number of carbonyl (C=O) groups is 1. The average Bonchev–Trinajstić information content (AvgIpc) is 2.47. The molecule has 0 fully saturated rings. The molecular formula is C15H26BN3O. The zero-order valence-electron chi connectivity index (χ0n) is 12.9. The number of aromatic nitrogens is 1. The quantitative estimate of drug-likeness (QED) is 0.794. The fourth-order valence-corrected chi connectivity index (χ4v) is 3.46. The summed E-state index contributed by atoms with van der Waals surface area (Å²) >= 11 is 0. The molecule has 110 valence electrons. The second kappa shape index (κ2) is 6.29. The number of unbranched alkanes of at least 4 members (excludes halogenated alkanes) is 2. The maximum Gasteiger partial charge on any atom is 0.372 e. The van der Waals surface area contributed by atoms with E-state index in [1.165, 1.54) is 0 Å². The fraction of sp³-hybridized carbons (Fsp3) is 0.600. The minimum Gasteiger partial charge on any atom is -0.440 e. The highest BCUT2D eigenvalue weighted by Gasteiger charge is 2.44. The van der Waals surface area contributed by atoms with Gasteiger partial charge in [0.25, 0.3) is 6.42 Å². The number of pyridine rings is 1. The van der Waals surface area contributed by atoms with Crippen molar-refractivity contribution in [2.75, 3.05) is 12.4 Å². The van der Waals surface area contributed by atoms with Crippen LogP contribution in [0.3, 0.4) is 0 Å². The summed E-state index contributed by atoms with van der Waals surface area (Å²) in [6.45, 7) is 4.42. The second-order valence-corrected chi connectivity index (χ2v) is 5.95. The smallest absolute Gasteiger partial charge is 0.372 e. The van der Waals surface area contributed by atoms with Crippen molar-refractivity contribution in [2.45, 2.75) is 52.2 Å². The topological polar surface area (TPSA) is 36.2 Å². The number of anilines is 1. The van der Waals surface area contributed by atoms with Gasteiger partial charge in [0.2, 0.25) is 5.82 Å². The number of rotatable bonds is 6. The molecule has 2 amide bonds. The van der Waals surface area contributed by atoms with Gasteiger partial charge < -0.3 is 9.29 Å². The Morgan fingerprint density at radius 3 is 2.45 bits per heavy atom. The van der Waals surface area contributed by atoms with Crippen LogP contribution in [0.2, 0.25) is 12.6 Å². The van der Waals surface area contributed by atoms with Crippen molar-refractivity contribution in [1.29, 1.82) is 0 Å². The summed E-state index contributed by atoms with van der Waals surface area (Å²) in [6.07, 6.45) is 7.89. The zero-order chi connectivity index (χ0) is 14.6. The molecule has 0 saturated carbocycles. The summed E-state index contributed by atoms with van der Waals surface area (Å²) in [5.41, 5.74) is 0. The number of nitrogens with zero attached hydrogens (tertiary/aromatic N) is 2. The van der Waals surface area contributed by atoms with E-state index in [0.717, 1.165) is 44.1 Å². The van der Waals surface area contributed by atoms with Crippen LogP contribution in [-0.4, -0.2) is 24.3 Å². The molecule has 0 atom stereocenters. The van der Waals surface area contributed by atoms with Gasteiger partial charge in [-0.1, -0.05) is 45.6 Å². The van der Waals surface area contributed by atoms with E-state index in [-0.39, 0.29) is 6.03 Å². The largest absolute Gasteiger partial charge is 0.440 e. The van der Waals surface area contributed by atoms with Crippen LogP contribution in [0.25, 0.3) is 0 Å². The van der Waals surface area contributed by atoms with Crippen molar-refractivity contribution in [2.24, 2.45) is 0 Å². The summed E-state index contributed by atoms with van der Waals surface area (Å²) < 4.78 is 2.31. The number of urea groups is 1. The number of hydrogen-bond acceptors (Lipinski definition) is 1. The number of hydrogen-bond donors (Lipinski definition) is 1. The van der Waals surface area contributed by atoms with E-state index in [4.69, 9.17) is 0 Å². The van der Waals surface area contributed by atoms with Crippen LogP contribution in [0, 0.1) is 0 Å². The van der Waals surface area contributed by atoms with Gasteiger partial charge in [0.1, 0.15) is 0 Å². The Morgan fingerprint density at radius 1 is 1.20 bits per heavy atom. The van der Waals surface area contributed by atoms with Crippen LogP contribution in [0.5, 0.6) is 0 Å². The van der Waals surface area contributed by atoms with Gasteiger partial charge in [-0.15, -0.1) is 12.6 Å². The molecule has 0 aromatic carbocycles. The number of carbonyl (C=O) groups excluding carboxylic acids is 1. The third-order valence-corrected chi connectivity index (χ3v) is 4.72. The van der Waals surface area contributed by atoms with Crippen LogP contribution in [0.15, 0.2) is 24.4 Å². The molecule has 0 bridgehead atoms. The van der Waals surface area contributed by atoms with Crippen molar-refractivity contribution in [3.8, 4) is 0 Å². The monoisotopic (exact) mass is 275 g/mol. The van der Waals surface area contributed by atoms with Crippen molar-refractivity contribution >= 4 is 18.3 Å². The molecule has 1 aromatic heterocycles. The van der Waals surface area contributed by atoms with Crippen LogP contribution < -0.4 is 9.79 Å². The van der Waals surface area contributed by atoms with Crippen LogP contribution in [0.4, 0.5) is 10.6 Å². The van der Waals surface area contributed by atoms with Gasteiger partial charge in [-0.05, 0) is 13.1 Å². The molecule has 20 heavy (non-hydrogen) atoms. The molecule has 1 aromatic rings. The number of nitrogens with one attached hydrogen (secondary N) is 1. The normalized spacial score (nSPS) is 16.8. The Morgan fingerprint density at radius 2 is 1.85 bits per heavy atom. The van der Waals surface area contributed by atoms with Crippen molar-refractivity contribution in [1.82, 2.24) is 4.81 Å². The highest BCUT2D eigenvalue weighted by Crippen LogP contribution is 2.27. The Labute approximate surface area is 122 Å². The summed E-state index contributed by atoms with van der Waals surface area (Å²) in [4.78, 5) is 14.3. The Balaban J connectivity index is 2.46. The molecule has 1 aliphatic rings. The van der Waals surface area contributed by atoms with Gasteiger partial charge in [0, 0.05) is 12.3 Å². The third-order valence-electron chi connectivity index (χ3n) is 4.72. The highest BCUT2D eigenvalue weighted by atomic mass is 16.2. The summed E-state index contributed by atoms with van der Waals surface area (Å²) in [6, 6.07) is 6.07. The number of amides is 2. The first kappa shape index (κ1) is 14.9. The minimum absolute atomic E-state index is 0.0309. The Hall–Kier alpha value is -1.52. The molecule has 0 radical (unpaired) electrons.